The Hall–Kier alpha value is -1.52. The Balaban J connectivity index is 2.21. The molecule has 5 nitrogen and oxygen atoms in total. The molecule has 0 aromatic carbocycles. The molecule has 1 atom stereocenters. The average molecular weight is 222 g/mol. The van der Waals surface area contributed by atoms with Crippen molar-refractivity contribution in [3.8, 4) is 0 Å². The molecule has 0 fully saturated rings. The Morgan fingerprint density at radius 3 is 3.06 bits per heavy atom. The van der Waals surface area contributed by atoms with Crippen molar-refractivity contribution < 1.29 is 4.79 Å². The molecule has 5 heteroatoms. The summed E-state index contributed by atoms with van der Waals surface area (Å²) in [7, 11) is 3.48. The molecule has 1 aliphatic rings. The van der Waals surface area contributed by atoms with E-state index >= 15 is 0 Å². The average Bonchev–Trinajstić information content (AvgIpc) is 2.69. The first kappa shape index (κ1) is 11.0. The highest BCUT2D eigenvalue weighted by atomic mass is 16.2. The van der Waals surface area contributed by atoms with Crippen LogP contribution in [0, 0.1) is 5.92 Å². The predicted molar refractivity (Wildman–Crippen MR) is 62.5 cm³/mol. The van der Waals surface area contributed by atoms with Gasteiger partial charge in [0, 0.05) is 33.3 Å². The van der Waals surface area contributed by atoms with Crippen LogP contribution in [0.4, 0.5) is 5.82 Å². The Morgan fingerprint density at radius 2 is 2.44 bits per heavy atom. The minimum absolute atomic E-state index is 0.0447. The SMILES string of the molecule is CC[C@H]1CNc2cc(C(=O)N(C)C)nn2C1. The summed E-state index contributed by atoms with van der Waals surface area (Å²) in [6.07, 6.45) is 1.13. The molecule has 1 aromatic heterocycles. The van der Waals surface area contributed by atoms with E-state index in [1.54, 1.807) is 19.0 Å². The maximum Gasteiger partial charge on any atom is 0.273 e. The molecule has 2 heterocycles. The van der Waals surface area contributed by atoms with Gasteiger partial charge in [-0.2, -0.15) is 5.10 Å². The second kappa shape index (κ2) is 4.15. The van der Waals surface area contributed by atoms with Crippen LogP contribution in [0.15, 0.2) is 6.07 Å². The van der Waals surface area contributed by atoms with Crippen LogP contribution in [0.1, 0.15) is 23.8 Å². The van der Waals surface area contributed by atoms with Crippen LogP contribution in [0.2, 0.25) is 0 Å². The fourth-order valence-electron chi connectivity index (χ4n) is 1.86. The van der Waals surface area contributed by atoms with Crippen LogP contribution < -0.4 is 5.32 Å². The lowest BCUT2D eigenvalue weighted by atomic mass is 10.1. The summed E-state index contributed by atoms with van der Waals surface area (Å²) in [6.45, 7) is 4.05. The maximum atomic E-state index is 11.7. The summed E-state index contributed by atoms with van der Waals surface area (Å²) in [4.78, 5) is 13.3. The smallest absolute Gasteiger partial charge is 0.273 e. The molecular formula is C11H18N4O. The summed E-state index contributed by atoms with van der Waals surface area (Å²) in [5.74, 6) is 1.52. The second-order valence-electron chi connectivity index (χ2n) is 4.45. The van der Waals surface area contributed by atoms with E-state index in [0.717, 1.165) is 25.3 Å². The summed E-state index contributed by atoms with van der Waals surface area (Å²) in [5, 5.41) is 7.64. The van der Waals surface area contributed by atoms with Gasteiger partial charge in [-0.25, -0.2) is 4.68 Å². The van der Waals surface area contributed by atoms with Gasteiger partial charge in [-0.3, -0.25) is 4.79 Å². The van der Waals surface area contributed by atoms with E-state index in [-0.39, 0.29) is 5.91 Å². The van der Waals surface area contributed by atoms with Gasteiger partial charge in [-0.15, -0.1) is 0 Å². The Morgan fingerprint density at radius 1 is 1.69 bits per heavy atom. The molecule has 0 spiro atoms. The van der Waals surface area contributed by atoms with Gasteiger partial charge in [0.05, 0.1) is 0 Å². The van der Waals surface area contributed by atoms with Crippen molar-refractivity contribution in [1.29, 1.82) is 0 Å². The maximum absolute atomic E-state index is 11.7. The van der Waals surface area contributed by atoms with Gasteiger partial charge in [-0.1, -0.05) is 6.92 Å². The molecule has 2 rings (SSSR count). The highest BCUT2D eigenvalue weighted by molar-refractivity contribution is 5.92. The van der Waals surface area contributed by atoms with Crippen LogP contribution in [0.5, 0.6) is 0 Å². The highest BCUT2D eigenvalue weighted by Crippen LogP contribution is 2.20. The Labute approximate surface area is 95.4 Å². The van der Waals surface area contributed by atoms with E-state index in [2.05, 4.69) is 17.3 Å². The highest BCUT2D eigenvalue weighted by Gasteiger charge is 2.21. The van der Waals surface area contributed by atoms with Gasteiger partial charge >= 0.3 is 0 Å². The van der Waals surface area contributed by atoms with Crippen LogP contribution in [-0.2, 0) is 6.54 Å². The summed E-state index contributed by atoms with van der Waals surface area (Å²) in [5.41, 5.74) is 0.518. The van der Waals surface area contributed by atoms with E-state index in [9.17, 15) is 4.79 Å². The lowest BCUT2D eigenvalue weighted by Gasteiger charge is -2.23. The van der Waals surface area contributed by atoms with E-state index in [1.807, 2.05) is 10.7 Å². The van der Waals surface area contributed by atoms with Gasteiger partial charge in [0.1, 0.15) is 5.82 Å². The molecule has 16 heavy (non-hydrogen) atoms. The molecule has 1 N–H and O–H groups in total. The number of amides is 1. The lowest BCUT2D eigenvalue weighted by Crippen LogP contribution is -2.27. The number of hydrogen-bond donors (Lipinski definition) is 1. The number of hydrogen-bond acceptors (Lipinski definition) is 3. The molecule has 88 valence electrons. The topological polar surface area (TPSA) is 50.2 Å². The number of carbonyl (C=O) groups excluding carboxylic acids is 1. The van der Waals surface area contributed by atoms with Crippen LogP contribution in [-0.4, -0.2) is 41.2 Å². The van der Waals surface area contributed by atoms with Crippen molar-refractivity contribution in [1.82, 2.24) is 14.7 Å². The zero-order valence-electron chi connectivity index (χ0n) is 10.0. The number of aromatic nitrogens is 2. The zero-order valence-corrected chi connectivity index (χ0v) is 10.0. The molecule has 0 aliphatic carbocycles. The number of carbonyl (C=O) groups is 1. The van der Waals surface area contributed by atoms with E-state index in [4.69, 9.17) is 0 Å². The fourth-order valence-corrected chi connectivity index (χ4v) is 1.86. The van der Waals surface area contributed by atoms with Crippen molar-refractivity contribution in [3.63, 3.8) is 0 Å². The molecule has 0 bridgehead atoms. The normalized spacial score (nSPS) is 18.8. The fraction of sp³-hybridized carbons (Fsp3) is 0.636. The van der Waals surface area contributed by atoms with Crippen LogP contribution >= 0.6 is 0 Å². The van der Waals surface area contributed by atoms with Crippen molar-refractivity contribution >= 4 is 11.7 Å². The number of anilines is 1. The van der Waals surface area contributed by atoms with Crippen molar-refractivity contribution in [3.05, 3.63) is 11.8 Å². The second-order valence-corrected chi connectivity index (χ2v) is 4.45. The molecule has 0 saturated carbocycles. The molecule has 1 amide bonds. The summed E-state index contributed by atoms with van der Waals surface area (Å²) >= 11 is 0. The first-order valence-electron chi connectivity index (χ1n) is 5.65. The monoisotopic (exact) mass is 222 g/mol. The molecule has 1 aromatic rings. The van der Waals surface area contributed by atoms with Crippen molar-refractivity contribution in [2.24, 2.45) is 5.92 Å². The summed E-state index contributed by atoms with van der Waals surface area (Å²) < 4.78 is 1.90. The molecule has 0 radical (unpaired) electrons. The van der Waals surface area contributed by atoms with E-state index in [1.165, 1.54) is 0 Å². The van der Waals surface area contributed by atoms with Crippen LogP contribution in [0.25, 0.3) is 0 Å². The molecular weight excluding hydrogens is 204 g/mol. The van der Waals surface area contributed by atoms with Gasteiger partial charge in [0.15, 0.2) is 5.69 Å². The number of fused-ring (bicyclic) bond motifs is 1. The number of nitrogens with one attached hydrogen (secondary N) is 1. The Bertz CT molecular complexity index is 397. The molecule has 0 unspecified atom stereocenters. The van der Waals surface area contributed by atoms with Crippen molar-refractivity contribution in [2.45, 2.75) is 19.9 Å². The number of nitrogens with zero attached hydrogens (tertiary/aromatic N) is 3. The third-order valence-corrected chi connectivity index (χ3v) is 2.99. The first-order valence-corrected chi connectivity index (χ1v) is 5.65. The largest absolute Gasteiger partial charge is 0.370 e. The van der Waals surface area contributed by atoms with E-state index < -0.39 is 0 Å². The standard InChI is InChI=1S/C11H18N4O/c1-4-8-6-12-10-5-9(11(16)14(2)3)13-15(10)7-8/h5,8,12H,4,6-7H2,1-3H3/t8-/m0/s1. The first-order chi connectivity index (χ1) is 7.61. The van der Waals surface area contributed by atoms with Gasteiger partial charge in [0.25, 0.3) is 5.91 Å². The van der Waals surface area contributed by atoms with Gasteiger partial charge < -0.3 is 10.2 Å². The lowest BCUT2D eigenvalue weighted by molar-refractivity contribution is 0.0821. The van der Waals surface area contributed by atoms with Gasteiger partial charge in [-0.05, 0) is 12.3 Å². The molecule has 1 aliphatic heterocycles. The Kier molecular flexibility index (Phi) is 2.85. The van der Waals surface area contributed by atoms with Gasteiger partial charge in [0.2, 0.25) is 0 Å². The van der Waals surface area contributed by atoms with Crippen molar-refractivity contribution in [2.75, 3.05) is 26.0 Å². The van der Waals surface area contributed by atoms with E-state index in [0.29, 0.717) is 11.6 Å². The third kappa shape index (κ3) is 1.89. The minimum atomic E-state index is -0.0447. The quantitative estimate of drug-likeness (QED) is 0.813. The number of rotatable bonds is 2. The third-order valence-electron chi connectivity index (χ3n) is 2.99. The van der Waals surface area contributed by atoms with Crippen LogP contribution in [0.3, 0.4) is 0 Å². The minimum Gasteiger partial charge on any atom is -0.370 e. The predicted octanol–water partition coefficient (Wildman–Crippen LogP) is 1.04. The summed E-state index contributed by atoms with van der Waals surface area (Å²) in [6, 6.07) is 1.83. The zero-order chi connectivity index (χ0) is 11.7. The molecule has 0 saturated heterocycles.